The number of urea groups is 1. The van der Waals surface area contributed by atoms with Crippen LogP contribution in [0.3, 0.4) is 0 Å². The molecule has 1 aromatic heterocycles. The van der Waals surface area contributed by atoms with E-state index >= 15 is 0 Å². The Morgan fingerprint density at radius 2 is 1.72 bits per heavy atom. The quantitative estimate of drug-likeness (QED) is 0.572. The van der Waals surface area contributed by atoms with Crippen LogP contribution in [0, 0.1) is 0 Å². The molecule has 1 saturated carbocycles. The molecule has 0 aliphatic heterocycles. The molecule has 150 valence electrons. The maximum Gasteiger partial charge on any atom is 0.335 e. The minimum Gasteiger partial charge on any atom is -0.478 e. The van der Waals surface area contributed by atoms with Crippen molar-refractivity contribution in [1.29, 1.82) is 0 Å². The lowest BCUT2D eigenvalue weighted by Gasteiger charge is -2.09. The molecule has 0 radical (unpaired) electrons. The fraction of sp³-hybridized carbons (Fsp3) is 0.318. The van der Waals surface area contributed by atoms with Gasteiger partial charge in [0.15, 0.2) is 0 Å². The number of hydrogen-bond donors (Lipinski definition) is 3. The summed E-state index contributed by atoms with van der Waals surface area (Å²) < 4.78 is 2.36. The molecule has 0 saturated heterocycles. The van der Waals surface area contributed by atoms with Gasteiger partial charge in [-0.1, -0.05) is 25.1 Å². The largest absolute Gasteiger partial charge is 0.478 e. The third kappa shape index (κ3) is 4.23. The van der Waals surface area contributed by atoms with Crippen molar-refractivity contribution >= 4 is 23.0 Å². The molecular formula is C22H24N4O3. The summed E-state index contributed by atoms with van der Waals surface area (Å²) in [5.74, 6) is 0.159. The molecule has 7 heteroatoms. The van der Waals surface area contributed by atoms with E-state index < -0.39 is 5.97 Å². The van der Waals surface area contributed by atoms with Crippen molar-refractivity contribution in [3.63, 3.8) is 0 Å². The van der Waals surface area contributed by atoms with Crippen LogP contribution >= 0.6 is 0 Å². The van der Waals surface area contributed by atoms with E-state index in [1.165, 1.54) is 30.5 Å². The SMILES string of the molecule is CCc1nc2cc(CNC(=O)NCc3ccc(C(=O)O)cc3)ccc2n1C1CC1. The van der Waals surface area contributed by atoms with Gasteiger partial charge in [0.25, 0.3) is 0 Å². The minimum atomic E-state index is -0.966. The molecule has 3 N–H and O–H groups in total. The van der Waals surface area contributed by atoms with Crippen LogP contribution in [-0.2, 0) is 19.5 Å². The molecule has 1 aliphatic carbocycles. The predicted molar refractivity (Wildman–Crippen MR) is 110 cm³/mol. The number of aryl methyl sites for hydroxylation is 1. The lowest BCUT2D eigenvalue weighted by Crippen LogP contribution is -2.34. The van der Waals surface area contributed by atoms with Crippen LogP contribution in [0.4, 0.5) is 4.79 Å². The highest BCUT2D eigenvalue weighted by atomic mass is 16.4. The van der Waals surface area contributed by atoms with Gasteiger partial charge in [-0.2, -0.15) is 0 Å². The number of aromatic carboxylic acids is 1. The van der Waals surface area contributed by atoms with Crippen LogP contribution < -0.4 is 10.6 Å². The number of rotatable bonds is 7. The normalized spacial score (nSPS) is 13.4. The summed E-state index contributed by atoms with van der Waals surface area (Å²) in [6.07, 6.45) is 3.36. The molecule has 1 aliphatic rings. The van der Waals surface area contributed by atoms with Crippen LogP contribution in [0.5, 0.6) is 0 Å². The van der Waals surface area contributed by atoms with Gasteiger partial charge < -0.3 is 20.3 Å². The first kappa shape index (κ1) is 19.0. The molecule has 7 nitrogen and oxygen atoms in total. The Kier molecular flexibility index (Phi) is 5.20. The van der Waals surface area contributed by atoms with Crippen LogP contribution in [0.1, 0.15) is 53.1 Å². The molecule has 2 amide bonds. The van der Waals surface area contributed by atoms with Crippen LogP contribution in [-0.4, -0.2) is 26.7 Å². The first-order valence-electron chi connectivity index (χ1n) is 9.89. The van der Waals surface area contributed by atoms with Crippen molar-refractivity contribution in [3.8, 4) is 0 Å². The molecule has 1 fully saturated rings. The second kappa shape index (κ2) is 7.95. The predicted octanol–water partition coefficient (Wildman–Crippen LogP) is 3.63. The minimum absolute atomic E-state index is 0.226. The van der Waals surface area contributed by atoms with Gasteiger partial charge in [0.1, 0.15) is 5.82 Å². The third-order valence-electron chi connectivity index (χ3n) is 5.16. The van der Waals surface area contributed by atoms with E-state index in [0.717, 1.165) is 28.9 Å². The van der Waals surface area contributed by atoms with Crippen molar-refractivity contribution in [2.24, 2.45) is 0 Å². The van der Waals surface area contributed by atoms with Gasteiger partial charge in [0, 0.05) is 25.6 Å². The molecule has 0 atom stereocenters. The van der Waals surface area contributed by atoms with Gasteiger partial charge in [-0.3, -0.25) is 0 Å². The summed E-state index contributed by atoms with van der Waals surface area (Å²) in [5, 5.41) is 14.6. The average Bonchev–Trinajstić information content (AvgIpc) is 3.50. The highest BCUT2D eigenvalue weighted by Crippen LogP contribution is 2.38. The Balaban J connectivity index is 1.34. The monoisotopic (exact) mass is 392 g/mol. The summed E-state index contributed by atoms with van der Waals surface area (Å²) in [6.45, 7) is 2.87. The Morgan fingerprint density at radius 3 is 2.34 bits per heavy atom. The van der Waals surface area contributed by atoms with Gasteiger partial charge >= 0.3 is 12.0 Å². The summed E-state index contributed by atoms with van der Waals surface area (Å²) in [7, 11) is 0. The lowest BCUT2D eigenvalue weighted by atomic mass is 10.1. The summed E-state index contributed by atoms with van der Waals surface area (Å²) in [4.78, 5) is 27.7. The maximum absolute atomic E-state index is 12.1. The van der Waals surface area contributed by atoms with E-state index in [9.17, 15) is 9.59 Å². The van der Waals surface area contributed by atoms with E-state index in [-0.39, 0.29) is 11.6 Å². The number of benzene rings is 2. The lowest BCUT2D eigenvalue weighted by molar-refractivity contribution is 0.0697. The van der Waals surface area contributed by atoms with E-state index in [1.807, 2.05) is 12.1 Å². The number of fused-ring (bicyclic) bond motifs is 1. The number of nitrogens with zero attached hydrogens (tertiary/aromatic N) is 2. The Hall–Kier alpha value is -3.35. The molecule has 0 spiro atoms. The van der Waals surface area contributed by atoms with Gasteiger partial charge in [-0.25, -0.2) is 14.6 Å². The zero-order chi connectivity index (χ0) is 20.4. The number of carboxylic acids is 1. The van der Waals surface area contributed by atoms with Crippen molar-refractivity contribution in [2.75, 3.05) is 0 Å². The number of hydrogen-bond acceptors (Lipinski definition) is 3. The topological polar surface area (TPSA) is 96.2 Å². The maximum atomic E-state index is 12.1. The average molecular weight is 392 g/mol. The summed E-state index contributed by atoms with van der Waals surface area (Å²) in [6, 6.07) is 12.9. The van der Waals surface area contributed by atoms with Crippen molar-refractivity contribution < 1.29 is 14.7 Å². The molecule has 3 aromatic rings. The third-order valence-corrected chi connectivity index (χ3v) is 5.16. The van der Waals surface area contributed by atoms with Gasteiger partial charge in [-0.15, -0.1) is 0 Å². The number of nitrogens with one attached hydrogen (secondary N) is 2. The first-order chi connectivity index (χ1) is 14.0. The fourth-order valence-corrected chi connectivity index (χ4v) is 3.49. The Labute approximate surface area is 168 Å². The molecule has 0 bridgehead atoms. The van der Waals surface area contributed by atoms with Crippen molar-refractivity contribution in [1.82, 2.24) is 20.2 Å². The smallest absolute Gasteiger partial charge is 0.335 e. The van der Waals surface area contributed by atoms with Crippen molar-refractivity contribution in [3.05, 3.63) is 65.0 Å². The number of imidazole rings is 1. The number of amides is 2. The number of aromatic nitrogens is 2. The fourth-order valence-electron chi connectivity index (χ4n) is 3.49. The molecule has 0 unspecified atom stereocenters. The molecule has 4 rings (SSSR count). The zero-order valence-corrected chi connectivity index (χ0v) is 16.3. The van der Waals surface area contributed by atoms with Crippen LogP contribution in [0.15, 0.2) is 42.5 Å². The van der Waals surface area contributed by atoms with Crippen molar-refractivity contribution in [2.45, 2.75) is 45.3 Å². The molecule has 2 aromatic carbocycles. The summed E-state index contributed by atoms with van der Waals surface area (Å²) >= 11 is 0. The standard InChI is InChI=1S/C22H24N4O3/c1-2-20-25-18-11-15(5-10-19(18)26(20)17-8-9-17)13-24-22(29)23-12-14-3-6-16(7-4-14)21(27)28/h3-7,10-11,17H,2,8-9,12-13H2,1H3,(H,27,28)(H2,23,24,29). The number of carbonyl (C=O) groups excluding carboxylic acids is 1. The Bertz CT molecular complexity index is 1050. The highest BCUT2D eigenvalue weighted by Gasteiger charge is 2.27. The second-order valence-corrected chi connectivity index (χ2v) is 7.34. The van der Waals surface area contributed by atoms with Gasteiger partial charge in [0.2, 0.25) is 0 Å². The molecular weight excluding hydrogens is 368 g/mol. The number of carboxylic acid groups (broad SMARTS) is 1. The molecule has 29 heavy (non-hydrogen) atoms. The van der Waals surface area contributed by atoms with Crippen LogP contribution in [0.25, 0.3) is 11.0 Å². The Morgan fingerprint density at radius 1 is 1.07 bits per heavy atom. The van der Waals surface area contributed by atoms with E-state index in [1.54, 1.807) is 12.1 Å². The van der Waals surface area contributed by atoms with Crippen LogP contribution in [0.2, 0.25) is 0 Å². The van der Waals surface area contributed by atoms with E-state index in [0.29, 0.717) is 19.1 Å². The zero-order valence-electron chi connectivity index (χ0n) is 16.3. The van der Waals surface area contributed by atoms with Gasteiger partial charge in [-0.05, 0) is 48.2 Å². The second-order valence-electron chi connectivity index (χ2n) is 7.34. The van der Waals surface area contributed by atoms with Gasteiger partial charge in [0.05, 0.1) is 16.6 Å². The summed E-state index contributed by atoms with van der Waals surface area (Å²) in [5.41, 5.74) is 4.21. The first-order valence-corrected chi connectivity index (χ1v) is 9.89. The van der Waals surface area contributed by atoms with E-state index in [4.69, 9.17) is 10.1 Å². The van der Waals surface area contributed by atoms with E-state index in [2.05, 4.69) is 28.2 Å². The highest BCUT2D eigenvalue weighted by molar-refractivity contribution is 5.87. The molecule has 1 heterocycles. The number of carbonyl (C=O) groups is 2.